The number of amides is 3. The Morgan fingerprint density at radius 3 is 1.77 bits per heavy atom. The summed E-state index contributed by atoms with van der Waals surface area (Å²) in [6.45, 7) is -0.0670. The van der Waals surface area contributed by atoms with Crippen LogP contribution in [0.3, 0.4) is 0 Å². The van der Waals surface area contributed by atoms with Gasteiger partial charge in [-0.2, -0.15) is 5.21 Å². The molecular weight excluding hydrogens is 867 g/mol. The van der Waals surface area contributed by atoms with Gasteiger partial charge in [-0.05, 0) is 82.3 Å². The van der Waals surface area contributed by atoms with Gasteiger partial charge in [-0.15, -0.1) is 10.2 Å². The minimum absolute atomic E-state index is 0.0984. The van der Waals surface area contributed by atoms with Crippen LogP contribution in [-0.4, -0.2) is 75.1 Å². The number of carbonyl (C=O) groups excluding carboxylic acids is 5. The average molecular weight is 922 g/mol. The Kier molecular flexibility index (Phi) is 16.2. The molecule has 0 saturated carbocycles. The molecule has 6 aromatic carbocycles. The Morgan fingerprint density at radius 1 is 0.580 bits per heavy atom. The highest BCUT2D eigenvalue weighted by molar-refractivity contribution is 5.96. The van der Waals surface area contributed by atoms with Crippen molar-refractivity contribution in [1.82, 2.24) is 36.6 Å². The Morgan fingerprint density at radius 2 is 1.16 bits per heavy atom. The molecule has 3 heterocycles. The van der Waals surface area contributed by atoms with Crippen LogP contribution in [0.5, 0.6) is 5.75 Å². The number of Topliss-reactive ketones (excluding diaryl/α,β-unsaturated/α-hetero) is 2. The molecule has 1 aromatic heterocycles. The van der Waals surface area contributed by atoms with Crippen molar-refractivity contribution in [3.05, 3.63) is 192 Å². The van der Waals surface area contributed by atoms with Crippen molar-refractivity contribution < 1.29 is 28.7 Å². The quantitative estimate of drug-likeness (QED) is 0.0940. The van der Waals surface area contributed by atoms with Crippen molar-refractivity contribution in [1.29, 1.82) is 0 Å². The zero-order valence-electron chi connectivity index (χ0n) is 38.3. The van der Waals surface area contributed by atoms with Gasteiger partial charge in [0.05, 0.1) is 6.04 Å². The highest BCUT2D eigenvalue weighted by Gasteiger charge is 2.33. The zero-order valence-corrected chi connectivity index (χ0v) is 38.3. The Balaban J connectivity index is 1.11. The van der Waals surface area contributed by atoms with Gasteiger partial charge in [0.15, 0.2) is 17.4 Å². The first-order valence-electron chi connectivity index (χ1n) is 23.4. The van der Waals surface area contributed by atoms with E-state index in [1.165, 1.54) is 0 Å². The number of carbonyl (C=O) groups is 5. The van der Waals surface area contributed by atoms with E-state index in [9.17, 15) is 24.0 Å². The standard InChI is InChI=1S/C56H55N7O6/c64-48-35-46(32-39-16-23-44(24-17-39)42-12-6-2-7-13-42)55(67)59-51(34-41-18-25-45(26-19-41)43-14-8-3-9-15-43)56(68)58-50(29-22-38-10-4-1-5-11-38)52(65)36-47(33-40-20-27-49(28-21-40)69-37-48)54(66)57-31-30-53-60-62-63-61-53/h1-21,23-28,46-47,50-51H,22,29-37H2,(H,57,66)(H,58,68)(H,59,67)(H,60,61,62,63)/t46-,47-,50+,51-/m1/s1. The number of aromatic nitrogens is 4. The van der Waals surface area contributed by atoms with Gasteiger partial charge in [-0.1, -0.05) is 157 Å². The fourth-order valence-electron chi connectivity index (χ4n) is 8.62. The lowest BCUT2D eigenvalue weighted by Gasteiger charge is -2.26. The average Bonchev–Trinajstić information content (AvgIpc) is 3.91. The van der Waals surface area contributed by atoms with Crippen LogP contribution in [0.25, 0.3) is 22.3 Å². The number of hydrogen-bond acceptors (Lipinski definition) is 9. The molecule has 0 saturated heterocycles. The molecule has 0 spiro atoms. The van der Waals surface area contributed by atoms with Crippen LogP contribution in [-0.2, 0) is 56.1 Å². The summed E-state index contributed by atoms with van der Waals surface area (Å²) in [6.07, 6.45) is 1.24. The molecular formula is C56H55N7O6. The lowest BCUT2D eigenvalue weighted by molar-refractivity contribution is -0.135. The number of nitrogens with one attached hydrogen (secondary N) is 4. The second kappa shape index (κ2) is 23.6. The van der Waals surface area contributed by atoms with Gasteiger partial charge < -0.3 is 20.7 Å². The minimum Gasteiger partial charge on any atom is -0.486 e. The summed E-state index contributed by atoms with van der Waals surface area (Å²) >= 11 is 0. The van der Waals surface area contributed by atoms with Gasteiger partial charge in [-0.3, -0.25) is 24.0 Å². The summed E-state index contributed by atoms with van der Waals surface area (Å²) in [7, 11) is 0. The summed E-state index contributed by atoms with van der Waals surface area (Å²) in [5.74, 6) is -2.80. The summed E-state index contributed by atoms with van der Waals surface area (Å²) < 4.78 is 5.95. The number of benzene rings is 6. The van der Waals surface area contributed by atoms with Gasteiger partial charge in [0.1, 0.15) is 18.4 Å². The predicted molar refractivity (Wildman–Crippen MR) is 263 cm³/mol. The van der Waals surface area contributed by atoms with Gasteiger partial charge in [-0.25, -0.2) is 0 Å². The van der Waals surface area contributed by atoms with Gasteiger partial charge in [0.25, 0.3) is 0 Å². The molecule has 0 aliphatic carbocycles. The number of ether oxygens (including phenoxy) is 1. The second-order valence-corrected chi connectivity index (χ2v) is 17.5. The van der Waals surface area contributed by atoms with E-state index in [0.29, 0.717) is 24.4 Å². The number of ketones is 2. The lowest BCUT2D eigenvalue weighted by atomic mass is 9.89. The molecule has 2 bridgehead atoms. The number of H-pyrrole nitrogens is 1. The maximum absolute atomic E-state index is 14.8. The smallest absolute Gasteiger partial charge is 0.243 e. The summed E-state index contributed by atoms with van der Waals surface area (Å²) in [5.41, 5.74) is 7.45. The largest absolute Gasteiger partial charge is 0.486 e. The third-order valence-electron chi connectivity index (χ3n) is 12.5. The maximum atomic E-state index is 14.8. The molecule has 0 fully saturated rings. The molecule has 2 aliphatic rings. The van der Waals surface area contributed by atoms with E-state index in [-0.39, 0.29) is 69.2 Å². The third kappa shape index (κ3) is 13.8. The molecule has 9 rings (SSSR count). The maximum Gasteiger partial charge on any atom is 0.243 e. The second-order valence-electron chi connectivity index (χ2n) is 17.5. The number of nitrogens with zero attached hydrogens (tertiary/aromatic N) is 3. The van der Waals surface area contributed by atoms with E-state index in [2.05, 4.69) is 36.6 Å². The number of fused-ring (bicyclic) bond motifs is 16. The number of hydrogen-bond donors (Lipinski definition) is 4. The van der Waals surface area contributed by atoms with Crippen molar-refractivity contribution in [2.75, 3.05) is 13.2 Å². The monoisotopic (exact) mass is 921 g/mol. The fraction of sp³-hybridized carbons (Fsp3) is 0.250. The van der Waals surface area contributed by atoms with Crippen molar-refractivity contribution in [2.24, 2.45) is 11.8 Å². The van der Waals surface area contributed by atoms with Gasteiger partial charge in [0.2, 0.25) is 17.7 Å². The van der Waals surface area contributed by atoms with E-state index < -0.39 is 35.7 Å². The summed E-state index contributed by atoms with van der Waals surface area (Å²) in [4.78, 5) is 72.0. The van der Waals surface area contributed by atoms with Crippen molar-refractivity contribution in [3.63, 3.8) is 0 Å². The molecule has 7 aromatic rings. The number of rotatable bonds is 13. The molecule has 0 unspecified atom stereocenters. The molecule has 0 radical (unpaired) electrons. The number of tetrazole rings is 1. The minimum atomic E-state index is -1.14. The van der Waals surface area contributed by atoms with Crippen LogP contribution in [0.15, 0.2) is 164 Å². The van der Waals surface area contributed by atoms with E-state index in [4.69, 9.17) is 4.74 Å². The zero-order chi connectivity index (χ0) is 47.8. The van der Waals surface area contributed by atoms with Crippen molar-refractivity contribution in [2.45, 2.75) is 63.5 Å². The van der Waals surface area contributed by atoms with E-state index in [1.54, 1.807) is 24.3 Å². The van der Waals surface area contributed by atoms with E-state index in [0.717, 1.165) is 44.5 Å². The van der Waals surface area contributed by atoms with Crippen molar-refractivity contribution in [3.8, 4) is 28.0 Å². The SMILES string of the molecule is O=C1COc2ccc(cc2)C[C@@H](C(=O)NCCc2nn[nH]n2)CC(=O)[C@H](CCc2ccccc2)NC(=O)[C@@H](Cc2ccc(-c3ccccc3)cc2)NC(=O)[C@H](Cc2ccc(-c3ccccc3)cc2)C1. The third-order valence-corrected chi connectivity index (χ3v) is 12.5. The van der Waals surface area contributed by atoms with Crippen LogP contribution in [0, 0.1) is 11.8 Å². The molecule has 4 N–H and O–H groups in total. The topological polar surface area (TPSA) is 185 Å². The van der Waals surface area contributed by atoms with Crippen LogP contribution in [0.2, 0.25) is 0 Å². The number of aromatic amines is 1. The summed E-state index contributed by atoms with van der Waals surface area (Å²) in [6, 6.07) is 50.2. The molecule has 2 aliphatic heterocycles. The van der Waals surface area contributed by atoms with E-state index in [1.807, 2.05) is 140 Å². The Bertz CT molecular complexity index is 2770. The first-order chi connectivity index (χ1) is 33.7. The van der Waals surface area contributed by atoms with Crippen LogP contribution in [0.4, 0.5) is 0 Å². The van der Waals surface area contributed by atoms with Gasteiger partial charge in [0, 0.05) is 44.1 Å². The van der Waals surface area contributed by atoms with Crippen LogP contribution in [0.1, 0.15) is 47.3 Å². The normalized spacial score (nSPS) is 18.2. The Labute approximate surface area is 401 Å². The molecule has 13 heteroatoms. The molecule has 350 valence electrons. The predicted octanol–water partition coefficient (Wildman–Crippen LogP) is 7.07. The summed E-state index contributed by atoms with van der Waals surface area (Å²) in [5, 5.41) is 22.9. The first-order valence-corrected chi connectivity index (χ1v) is 23.4. The highest BCUT2D eigenvalue weighted by atomic mass is 16.5. The fourth-order valence-corrected chi connectivity index (χ4v) is 8.62. The molecule has 3 amide bonds. The molecule has 69 heavy (non-hydrogen) atoms. The Hall–Kier alpha value is -8.06. The highest BCUT2D eigenvalue weighted by Crippen LogP contribution is 2.25. The molecule has 4 atom stereocenters. The van der Waals surface area contributed by atoms with Crippen molar-refractivity contribution >= 4 is 29.3 Å². The molecule has 13 nitrogen and oxygen atoms in total. The van der Waals surface area contributed by atoms with Gasteiger partial charge >= 0.3 is 0 Å². The number of aryl methyl sites for hydroxylation is 1. The van der Waals surface area contributed by atoms with Crippen LogP contribution >= 0.6 is 0 Å². The van der Waals surface area contributed by atoms with Crippen LogP contribution < -0.4 is 20.7 Å². The lowest BCUT2D eigenvalue weighted by Crippen LogP contribution is -2.54. The first kappa shape index (κ1) is 47.4. The van der Waals surface area contributed by atoms with E-state index >= 15 is 0 Å².